The molecule has 2 atom stereocenters. The Morgan fingerprint density at radius 3 is 2.16 bits per heavy atom. The van der Waals surface area contributed by atoms with Crippen LogP contribution in [0.1, 0.15) is 64.2 Å². The van der Waals surface area contributed by atoms with Crippen molar-refractivity contribution < 1.29 is 0 Å². The predicted molar refractivity (Wildman–Crippen MR) is 78.7 cm³/mol. The molecule has 0 N–H and O–H groups in total. The number of allylic oxidation sites excluding steroid dienone is 2. The SMILES string of the molecule is C1=C(C2C3CC4CC(C3)CC2C4)C[C@H]2CCC[C@@H]1C2. The Bertz CT molecular complexity index is 376. The number of rotatable bonds is 1. The molecule has 5 saturated carbocycles. The summed E-state index contributed by atoms with van der Waals surface area (Å²) in [4.78, 5) is 0. The van der Waals surface area contributed by atoms with E-state index in [0.29, 0.717) is 0 Å². The Morgan fingerprint density at radius 2 is 1.47 bits per heavy atom. The lowest BCUT2D eigenvalue weighted by atomic mass is 9.49. The highest BCUT2D eigenvalue weighted by Crippen LogP contribution is 2.60. The van der Waals surface area contributed by atoms with Crippen LogP contribution >= 0.6 is 0 Å². The zero-order valence-electron chi connectivity index (χ0n) is 12.2. The molecule has 19 heavy (non-hydrogen) atoms. The van der Waals surface area contributed by atoms with Gasteiger partial charge in [-0.2, -0.15) is 0 Å². The molecule has 0 aromatic heterocycles. The molecule has 0 aromatic carbocycles. The fourth-order valence-electron chi connectivity index (χ4n) is 7.15. The number of hydrogen-bond donors (Lipinski definition) is 0. The lowest BCUT2D eigenvalue weighted by molar-refractivity contribution is -0.0242. The van der Waals surface area contributed by atoms with Gasteiger partial charge in [-0.05, 0) is 92.8 Å². The molecule has 6 aliphatic carbocycles. The molecule has 0 saturated heterocycles. The van der Waals surface area contributed by atoms with Crippen molar-refractivity contribution in [3.05, 3.63) is 11.6 Å². The van der Waals surface area contributed by atoms with E-state index in [0.717, 1.165) is 41.4 Å². The van der Waals surface area contributed by atoms with Gasteiger partial charge in [0.15, 0.2) is 0 Å². The van der Waals surface area contributed by atoms with Crippen LogP contribution in [0.2, 0.25) is 0 Å². The Hall–Kier alpha value is -0.260. The van der Waals surface area contributed by atoms with Gasteiger partial charge in [0.1, 0.15) is 0 Å². The normalized spacial score (nSPS) is 55.2. The molecule has 6 aliphatic rings. The first kappa shape index (κ1) is 11.4. The Labute approximate surface area is 118 Å². The summed E-state index contributed by atoms with van der Waals surface area (Å²) in [7, 11) is 0. The van der Waals surface area contributed by atoms with Crippen molar-refractivity contribution in [1.29, 1.82) is 0 Å². The first-order chi connectivity index (χ1) is 9.35. The first-order valence-corrected chi connectivity index (χ1v) is 9.05. The van der Waals surface area contributed by atoms with Crippen LogP contribution in [0.25, 0.3) is 0 Å². The van der Waals surface area contributed by atoms with Crippen LogP contribution in [0.4, 0.5) is 0 Å². The maximum absolute atomic E-state index is 2.79. The van der Waals surface area contributed by atoms with Crippen molar-refractivity contribution in [3.8, 4) is 0 Å². The van der Waals surface area contributed by atoms with Crippen LogP contribution in [0.5, 0.6) is 0 Å². The van der Waals surface area contributed by atoms with Crippen LogP contribution in [0, 0.1) is 41.4 Å². The molecule has 6 rings (SSSR count). The fraction of sp³-hybridized carbons (Fsp3) is 0.895. The van der Waals surface area contributed by atoms with Crippen LogP contribution in [-0.2, 0) is 0 Å². The molecule has 0 radical (unpaired) electrons. The number of hydrogen-bond acceptors (Lipinski definition) is 0. The second-order valence-electron chi connectivity index (χ2n) is 8.69. The minimum absolute atomic E-state index is 0.986. The highest BCUT2D eigenvalue weighted by atomic mass is 14.5. The molecule has 0 unspecified atom stereocenters. The van der Waals surface area contributed by atoms with E-state index in [2.05, 4.69) is 6.08 Å². The van der Waals surface area contributed by atoms with Crippen LogP contribution in [0.3, 0.4) is 0 Å². The van der Waals surface area contributed by atoms with Gasteiger partial charge in [-0.3, -0.25) is 0 Å². The minimum Gasteiger partial charge on any atom is -0.0819 e. The van der Waals surface area contributed by atoms with Crippen molar-refractivity contribution in [3.63, 3.8) is 0 Å². The van der Waals surface area contributed by atoms with E-state index in [9.17, 15) is 0 Å². The van der Waals surface area contributed by atoms with Crippen LogP contribution in [-0.4, -0.2) is 0 Å². The molecule has 104 valence electrons. The highest BCUT2D eigenvalue weighted by molar-refractivity contribution is 5.20. The summed E-state index contributed by atoms with van der Waals surface area (Å²) >= 11 is 0. The molecule has 5 fully saturated rings. The van der Waals surface area contributed by atoms with Gasteiger partial charge in [0, 0.05) is 0 Å². The Balaban J connectivity index is 1.45. The van der Waals surface area contributed by atoms with Crippen molar-refractivity contribution >= 4 is 0 Å². The maximum Gasteiger partial charge on any atom is -0.0146 e. The van der Waals surface area contributed by atoms with Crippen molar-refractivity contribution in [2.45, 2.75) is 64.2 Å². The zero-order valence-corrected chi connectivity index (χ0v) is 12.2. The standard InChI is InChI=1S/C19H28/c1-2-12-4-13(3-1)7-16(6-12)19-17-8-14-5-15(10-17)11-18(19)9-14/h6,12-15,17-19H,1-5,7-11H2/t12-,13+,14?,15?,17?,18?,19?/m1/s1. The average molecular weight is 256 g/mol. The summed E-state index contributed by atoms with van der Waals surface area (Å²) in [5, 5.41) is 0. The van der Waals surface area contributed by atoms with Gasteiger partial charge >= 0.3 is 0 Å². The Morgan fingerprint density at radius 1 is 0.737 bits per heavy atom. The molecule has 0 aliphatic heterocycles. The van der Waals surface area contributed by atoms with E-state index in [1.807, 2.05) is 5.57 Å². The van der Waals surface area contributed by atoms with Crippen LogP contribution in [0.15, 0.2) is 11.6 Å². The van der Waals surface area contributed by atoms with Gasteiger partial charge in [-0.1, -0.05) is 24.5 Å². The minimum atomic E-state index is 0.986. The molecule has 0 heterocycles. The smallest absolute Gasteiger partial charge is 0.0146 e. The van der Waals surface area contributed by atoms with E-state index in [1.54, 1.807) is 38.5 Å². The van der Waals surface area contributed by atoms with E-state index < -0.39 is 0 Å². The third-order valence-electron chi connectivity index (χ3n) is 7.45. The summed E-state index contributed by atoms with van der Waals surface area (Å²) in [6.45, 7) is 0. The predicted octanol–water partition coefficient (Wildman–Crippen LogP) is 5.20. The zero-order chi connectivity index (χ0) is 12.4. The maximum atomic E-state index is 2.79. The Kier molecular flexibility index (Phi) is 2.47. The van der Waals surface area contributed by atoms with E-state index in [1.165, 1.54) is 25.7 Å². The van der Waals surface area contributed by atoms with Crippen molar-refractivity contribution in [1.82, 2.24) is 0 Å². The molecule has 0 spiro atoms. The van der Waals surface area contributed by atoms with Gasteiger partial charge in [-0.25, -0.2) is 0 Å². The molecule has 6 bridgehead atoms. The number of fused-ring (bicyclic) bond motifs is 2. The fourth-order valence-corrected chi connectivity index (χ4v) is 7.15. The van der Waals surface area contributed by atoms with Crippen molar-refractivity contribution in [2.24, 2.45) is 41.4 Å². The molecular formula is C19H28. The summed E-state index contributed by atoms with van der Waals surface area (Å²) < 4.78 is 0. The monoisotopic (exact) mass is 256 g/mol. The quantitative estimate of drug-likeness (QED) is 0.566. The topological polar surface area (TPSA) is 0 Å². The second-order valence-corrected chi connectivity index (χ2v) is 8.69. The first-order valence-electron chi connectivity index (χ1n) is 9.05. The summed E-state index contributed by atoms with van der Waals surface area (Å²) in [5.74, 6) is 7.62. The third-order valence-corrected chi connectivity index (χ3v) is 7.45. The lowest BCUT2D eigenvalue weighted by Crippen LogP contribution is -2.46. The van der Waals surface area contributed by atoms with Crippen molar-refractivity contribution in [2.75, 3.05) is 0 Å². The average Bonchev–Trinajstić information content (AvgIpc) is 2.37. The summed E-state index contributed by atoms with van der Waals surface area (Å²) in [6, 6.07) is 0. The molecule has 0 heteroatoms. The van der Waals surface area contributed by atoms with E-state index in [-0.39, 0.29) is 0 Å². The van der Waals surface area contributed by atoms with Crippen LogP contribution < -0.4 is 0 Å². The third kappa shape index (κ3) is 1.78. The van der Waals surface area contributed by atoms with E-state index in [4.69, 9.17) is 0 Å². The highest BCUT2D eigenvalue weighted by Gasteiger charge is 2.49. The molecule has 0 amide bonds. The largest absolute Gasteiger partial charge is 0.0819 e. The van der Waals surface area contributed by atoms with Gasteiger partial charge < -0.3 is 0 Å². The van der Waals surface area contributed by atoms with Gasteiger partial charge in [-0.15, -0.1) is 0 Å². The van der Waals surface area contributed by atoms with E-state index >= 15 is 0 Å². The lowest BCUT2D eigenvalue weighted by Gasteiger charge is -2.56. The second kappa shape index (κ2) is 4.12. The van der Waals surface area contributed by atoms with Gasteiger partial charge in [0.2, 0.25) is 0 Å². The van der Waals surface area contributed by atoms with Gasteiger partial charge in [0.25, 0.3) is 0 Å². The summed E-state index contributed by atoms with van der Waals surface area (Å²) in [6.07, 6.45) is 18.4. The molecule has 0 nitrogen and oxygen atoms in total. The molecular weight excluding hydrogens is 228 g/mol. The molecule has 0 aromatic rings. The summed E-state index contributed by atoms with van der Waals surface area (Å²) in [5.41, 5.74) is 1.97. The van der Waals surface area contributed by atoms with Gasteiger partial charge in [0.05, 0.1) is 0 Å².